The van der Waals surface area contributed by atoms with Gasteiger partial charge in [-0.15, -0.1) is 0 Å². The Morgan fingerprint density at radius 1 is 1.00 bits per heavy atom. The molecule has 0 spiro atoms. The van der Waals surface area contributed by atoms with E-state index < -0.39 is 24.0 Å². The SMILES string of the molecule is CCOC(=O)C(=O)CC(=O)/C=C/c1cc(C(=O)c2ccccc2)cn1Cc1ccc(C#N)cc1. The number of Topliss-reactive ketones (excluding diaryl/α,β-unsaturated/α-hetero) is 1. The van der Waals surface area contributed by atoms with Crippen LogP contribution in [0, 0.1) is 11.3 Å². The molecule has 0 saturated carbocycles. The quantitative estimate of drug-likeness (QED) is 0.152. The fourth-order valence-electron chi connectivity index (χ4n) is 3.24. The molecule has 2 aromatic carbocycles. The number of carbonyl (C=O) groups excluding carboxylic acids is 4. The van der Waals surface area contributed by atoms with E-state index in [0.29, 0.717) is 28.9 Å². The number of esters is 1. The van der Waals surface area contributed by atoms with E-state index in [1.165, 1.54) is 12.2 Å². The molecule has 0 bridgehead atoms. The Labute approximate surface area is 196 Å². The first-order valence-corrected chi connectivity index (χ1v) is 10.6. The summed E-state index contributed by atoms with van der Waals surface area (Å²) < 4.78 is 6.41. The number of ether oxygens (including phenoxy) is 1. The molecule has 7 nitrogen and oxygen atoms in total. The van der Waals surface area contributed by atoms with E-state index in [9.17, 15) is 19.2 Å². The first kappa shape index (κ1) is 24.1. The van der Waals surface area contributed by atoms with E-state index in [-0.39, 0.29) is 12.4 Å². The van der Waals surface area contributed by atoms with Gasteiger partial charge in [-0.05, 0) is 42.8 Å². The molecule has 3 rings (SSSR count). The summed E-state index contributed by atoms with van der Waals surface area (Å²) in [5.74, 6) is -2.67. The van der Waals surface area contributed by atoms with Crippen LogP contribution in [0.5, 0.6) is 0 Å². The van der Waals surface area contributed by atoms with Crippen LogP contribution >= 0.6 is 0 Å². The fraction of sp³-hybridized carbons (Fsp3) is 0.148. The van der Waals surface area contributed by atoms with E-state index in [1.807, 2.05) is 18.2 Å². The van der Waals surface area contributed by atoms with Crippen LogP contribution in [0.2, 0.25) is 0 Å². The molecule has 0 atom stereocenters. The second-order valence-corrected chi connectivity index (χ2v) is 7.41. The largest absolute Gasteiger partial charge is 0.460 e. The predicted molar refractivity (Wildman–Crippen MR) is 125 cm³/mol. The zero-order chi connectivity index (χ0) is 24.5. The smallest absolute Gasteiger partial charge is 0.375 e. The number of nitrogens with zero attached hydrogens (tertiary/aromatic N) is 2. The minimum Gasteiger partial charge on any atom is -0.460 e. The molecule has 0 saturated heterocycles. The number of nitriles is 1. The number of allylic oxidation sites excluding steroid dienone is 1. The number of hydrogen-bond acceptors (Lipinski definition) is 6. The first-order chi connectivity index (χ1) is 16.4. The lowest BCUT2D eigenvalue weighted by Gasteiger charge is -2.07. The second kappa shape index (κ2) is 11.3. The molecule has 3 aromatic rings. The van der Waals surface area contributed by atoms with Gasteiger partial charge < -0.3 is 9.30 Å². The van der Waals surface area contributed by atoms with Crippen LogP contribution in [0.1, 0.15) is 46.1 Å². The van der Waals surface area contributed by atoms with Gasteiger partial charge in [0.2, 0.25) is 5.78 Å². The maximum Gasteiger partial charge on any atom is 0.375 e. The van der Waals surface area contributed by atoms with Gasteiger partial charge in [-0.1, -0.05) is 42.5 Å². The van der Waals surface area contributed by atoms with Gasteiger partial charge in [0.25, 0.3) is 0 Å². The Morgan fingerprint density at radius 3 is 2.35 bits per heavy atom. The second-order valence-electron chi connectivity index (χ2n) is 7.41. The summed E-state index contributed by atoms with van der Waals surface area (Å²) in [4.78, 5) is 48.4. The fourth-order valence-corrected chi connectivity index (χ4v) is 3.24. The van der Waals surface area contributed by atoms with Crippen molar-refractivity contribution in [1.29, 1.82) is 5.26 Å². The lowest BCUT2D eigenvalue weighted by molar-refractivity contribution is -0.154. The van der Waals surface area contributed by atoms with Crippen LogP contribution in [-0.4, -0.2) is 34.5 Å². The molecule has 0 unspecified atom stereocenters. The van der Waals surface area contributed by atoms with Gasteiger partial charge in [0.1, 0.15) is 0 Å². The highest BCUT2D eigenvalue weighted by Gasteiger charge is 2.18. The molecule has 0 radical (unpaired) electrons. The van der Waals surface area contributed by atoms with Gasteiger partial charge in [0.05, 0.1) is 24.7 Å². The lowest BCUT2D eigenvalue weighted by Crippen LogP contribution is -2.19. The van der Waals surface area contributed by atoms with Gasteiger partial charge in [0.15, 0.2) is 11.6 Å². The highest BCUT2D eigenvalue weighted by atomic mass is 16.5. The normalized spacial score (nSPS) is 10.6. The van der Waals surface area contributed by atoms with Crippen molar-refractivity contribution in [3.63, 3.8) is 0 Å². The van der Waals surface area contributed by atoms with E-state index in [2.05, 4.69) is 10.8 Å². The monoisotopic (exact) mass is 454 g/mol. The predicted octanol–water partition coefficient (Wildman–Crippen LogP) is 3.74. The van der Waals surface area contributed by atoms with Crippen LogP contribution in [0.15, 0.2) is 72.9 Å². The molecule has 0 amide bonds. The van der Waals surface area contributed by atoms with Crippen LogP contribution < -0.4 is 0 Å². The molecule has 170 valence electrons. The molecular weight excluding hydrogens is 432 g/mol. The summed E-state index contributed by atoms with van der Waals surface area (Å²) in [6, 6.07) is 19.6. The summed E-state index contributed by atoms with van der Waals surface area (Å²) >= 11 is 0. The van der Waals surface area contributed by atoms with Gasteiger partial charge >= 0.3 is 5.97 Å². The van der Waals surface area contributed by atoms with Gasteiger partial charge in [0, 0.05) is 29.6 Å². The number of benzene rings is 2. The lowest BCUT2D eigenvalue weighted by atomic mass is 10.1. The van der Waals surface area contributed by atoms with Crippen molar-refractivity contribution in [2.45, 2.75) is 19.9 Å². The van der Waals surface area contributed by atoms with Crippen LogP contribution in [0.3, 0.4) is 0 Å². The Bertz CT molecular complexity index is 1280. The third-order valence-electron chi connectivity index (χ3n) is 4.94. The molecular formula is C27H22N2O5. The first-order valence-electron chi connectivity index (χ1n) is 10.6. The number of aromatic nitrogens is 1. The van der Waals surface area contributed by atoms with Gasteiger partial charge in [-0.3, -0.25) is 14.4 Å². The Hall–Kier alpha value is -4.57. The molecule has 0 aliphatic heterocycles. The zero-order valence-corrected chi connectivity index (χ0v) is 18.6. The van der Waals surface area contributed by atoms with Gasteiger partial charge in [-0.2, -0.15) is 5.26 Å². The Morgan fingerprint density at radius 2 is 1.71 bits per heavy atom. The average molecular weight is 454 g/mol. The van der Waals surface area contributed by atoms with E-state index in [1.54, 1.807) is 60.2 Å². The molecule has 7 heteroatoms. The van der Waals surface area contributed by atoms with Gasteiger partial charge in [-0.25, -0.2) is 4.79 Å². The third-order valence-corrected chi connectivity index (χ3v) is 4.94. The molecule has 1 aromatic heterocycles. The van der Waals surface area contributed by atoms with E-state index in [4.69, 9.17) is 5.26 Å². The van der Waals surface area contributed by atoms with Crippen molar-refractivity contribution in [1.82, 2.24) is 4.57 Å². The third kappa shape index (κ3) is 6.24. The van der Waals surface area contributed by atoms with Crippen LogP contribution in [0.25, 0.3) is 6.08 Å². The summed E-state index contributed by atoms with van der Waals surface area (Å²) in [5.41, 5.74) is 2.97. The summed E-state index contributed by atoms with van der Waals surface area (Å²) in [5, 5.41) is 9.00. The molecule has 0 aliphatic rings. The molecule has 34 heavy (non-hydrogen) atoms. The minimum absolute atomic E-state index is 0.0513. The standard InChI is InChI=1S/C27H22N2O5/c1-2-34-27(33)25(31)15-24(30)13-12-23-14-22(26(32)21-6-4-3-5-7-21)18-29(23)17-20-10-8-19(16-28)9-11-20/h3-14,18H,2,15,17H2,1H3/b13-12+. The zero-order valence-electron chi connectivity index (χ0n) is 18.6. The number of hydrogen-bond donors (Lipinski definition) is 0. The van der Waals surface area contributed by atoms with Crippen LogP contribution in [0.4, 0.5) is 0 Å². The molecule has 0 aliphatic carbocycles. The van der Waals surface area contributed by atoms with Crippen molar-refractivity contribution >= 4 is 29.4 Å². The van der Waals surface area contributed by atoms with Crippen molar-refractivity contribution in [2.24, 2.45) is 0 Å². The highest BCUT2D eigenvalue weighted by molar-refractivity contribution is 6.37. The van der Waals surface area contributed by atoms with E-state index in [0.717, 1.165) is 5.56 Å². The average Bonchev–Trinajstić information content (AvgIpc) is 3.25. The topological polar surface area (TPSA) is 106 Å². The van der Waals surface area contributed by atoms with Crippen molar-refractivity contribution < 1.29 is 23.9 Å². The maximum absolute atomic E-state index is 12.9. The maximum atomic E-state index is 12.9. The number of rotatable bonds is 10. The number of carbonyl (C=O) groups is 4. The number of ketones is 3. The molecule has 0 N–H and O–H groups in total. The summed E-state index contributed by atoms with van der Waals surface area (Å²) in [6.07, 6.45) is 3.81. The highest BCUT2D eigenvalue weighted by Crippen LogP contribution is 2.18. The minimum atomic E-state index is -1.04. The Balaban J connectivity index is 1.86. The summed E-state index contributed by atoms with van der Waals surface area (Å²) in [7, 11) is 0. The van der Waals surface area contributed by atoms with Crippen LogP contribution in [-0.2, 0) is 25.7 Å². The van der Waals surface area contributed by atoms with Crippen molar-refractivity contribution in [2.75, 3.05) is 6.61 Å². The van der Waals surface area contributed by atoms with Crippen molar-refractivity contribution in [3.05, 3.63) is 101 Å². The van der Waals surface area contributed by atoms with Crippen molar-refractivity contribution in [3.8, 4) is 6.07 Å². The molecule has 1 heterocycles. The molecule has 0 fully saturated rings. The van der Waals surface area contributed by atoms with E-state index >= 15 is 0 Å². The Kier molecular flexibility index (Phi) is 8.03. The summed E-state index contributed by atoms with van der Waals surface area (Å²) in [6.45, 7) is 2.02.